The van der Waals surface area contributed by atoms with Crippen molar-refractivity contribution in [3.63, 3.8) is 0 Å². The molecule has 1 aromatic heterocycles. The molecule has 3 rings (SSSR count). The zero-order chi connectivity index (χ0) is 16.4. The first-order chi connectivity index (χ1) is 11.1. The van der Waals surface area contributed by atoms with Crippen LogP contribution in [0.5, 0.6) is 0 Å². The van der Waals surface area contributed by atoms with Crippen molar-refractivity contribution in [2.45, 2.75) is 30.5 Å². The summed E-state index contributed by atoms with van der Waals surface area (Å²) < 4.78 is 15.1. The van der Waals surface area contributed by atoms with Crippen LogP contribution in [0.25, 0.3) is 0 Å². The van der Waals surface area contributed by atoms with Crippen LogP contribution in [-0.2, 0) is 11.3 Å². The molecule has 0 spiro atoms. The van der Waals surface area contributed by atoms with E-state index in [4.69, 9.17) is 5.84 Å². The summed E-state index contributed by atoms with van der Waals surface area (Å²) in [5.74, 6) is 6.89. The standard InChI is InChI=1S/C15H18FN5OS/c1-20(8-11-4-2-3-5-12(11)16)13(22)9-23-15-19-18-14(21(15)17)10-6-7-10/h2-5,10H,6-9,17H2,1H3. The molecule has 2 aromatic rings. The molecule has 1 aliphatic carbocycles. The number of carbonyl (C=O) groups excluding carboxylic acids is 1. The number of rotatable bonds is 6. The minimum atomic E-state index is -0.310. The smallest absolute Gasteiger partial charge is 0.233 e. The molecule has 0 radical (unpaired) electrons. The lowest BCUT2D eigenvalue weighted by molar-refractivity contribution is -0.127. The molecular formula is C15H18FN5OS. The predicted molar refractivity (Wildman–Crippen MR) is 85.7 cm³/mol. The highest BCUT2D eigenvalue weighted by atomic mass is 32.2. The van der Waals surface area contributed by atoms with Gasteiger partial charge in [-0.25, -0.2) is 9.07 Å². The molecule has 1 amide bonds. The largest absolute Gasteiger partial charge is 0.341 e. The summed E-state index contributed by atoms with van der Waals surface area (Å²) in [6, 6.07) is 6.44. The molecule has 1 fully saturated rings. The zero-order valence-electron chi connectivity index (χ0n) is 12.8. The molecule has 8 heteroatoms. The third-order valence-corrected chi connectivity index (χ3v) is 4.68. The van der Waals surface area contributed by atoms with Crippen molar-refractivity contribution in [3.05, 3.63) is 41.5 Å². The molecule has 0 aliphatic heterocycles. The monoisotopic (exact) mass is 335 g/mol. The lowest BCUT2D eigenvalue weighted by Crippen LogP contribution is -2.28. The quantitative estimate of drug-likeness (QED) is 0.643. The van der Waals surface area contributed by atoms with E-state index in [1.165, 1.54) is 27.4 Å². The molecule has 23 heavy (non-hydrogen) atoms. The van der Waals surface area contributed by atoms with E-state index in [-0.39, 0.29) is 24.0 Å². The van der Waals surface area contributed by atoms with Gasteiger partial charge in [0.05, 0.1) is 5.75 Å². The summed E-state index contributed by atoms with van der Waals surface area (Å²) in [5.41, 5.74) is 0.492. The first-order valence-electron chi connectivity index (χ1n) is 7.37. The van der Waals surface area contributed by atoms with Crippen molar-refractivity contribution < 1.29 is 9.18 Å². The van der Waals surface area contributed by atoms with Crippen molar-refractivity contribution >= 4 is 17.7 Å². The molecule has 0 bridgehead atoms. The highest BCUT2D eigenvalue weighted by Crippen LogP contribution is 2.39. The normalized spacial score (nSPS) is 14.0. The van der Waals surface area contributed by atoms with Gasteiger partial charge in [-0.15, -0.1) is 10.2 Å². The Bertz CT molecular complexity index is 716. The minimum absolute atomic E-state index is 0.116. The number of nitrogens with zero attached hydrogens (tertiary/aromatic N) is 4. The Morgan fingerprint density at radius 1 is 1.43 bits per heavy atom. The van der Waals surface area contributed by atoms with E-state index < -0.39 is 0 Å². The first kappa shape index (κ1) is 15.8. The van der Waals surface area contributed by atoms with Gasteiger partial charge in [0, 0.05) is 25.1 Å². The Morgan fingerprint density at radius 3 is 2.87 bits per heavy atom. The van der Waals surface area contributed by atoms with Crippen LogP contribution >= 0.6 is 11.8 Å². The number of nitrogen functional groups attached to an aromatic ring is 1. The molecule has 2 N–H and O–H groups in total. The molecule has 6 nitrogen and oxygen atoms in total. The van der Waals surface area contributed by atoms with Crippen LogP contribution in [0.1, 0.15) is 30.1 Å². The maximum absolute atomic E-state index is 13.6. The minimum Gasteiger partial charge on any atom is -0.341 e. The topological polar surface area (TPSA) is 77.0 Å². The van der Waals surface area contributed by atoms with E-state index in [0.29, 0.717) is 16.6 Å². The van der Waals surface area contributed by atoms with Crippen molar-refractivity contribution in [2.24, 2.45) is 0 Å². The van der Waals surface area contributed by atoms with Crippen LogP contribution in [-0.4, -0.2) is 38.5 Å². The van der Waals surface area contributed by atoms with Crippen LogP contribution in [0.3, 0.4) is 0 Å². The Balaban J connectivity index is 1.55. The summed E-state index contributed by atoms with van der Waals surface area (Å²) in [7, 11) is 1.65. The van der Waals surface area contributed by atoms with Crippen LogP contribution < -0.4 is 5.84 Å². The van der Waals surface area contributed by atoms with Gasteiger partial charge < -0.3 is 10.7 Å². The van der Waals surface area contributed by atoms with Crippen LogP contribution in [0.4, 0.5) is 4.39 Å². The van der Waals surface area contributed by atoms with Crippen molar-refractivity contribution in [1.82, 2.24) is 19.8 Å². The van der Waals surface area contributed by atoms with Crippen LogP contribution in [0, 0.1) is 5.82 Å². The van der Waals surface area contributed by atoms with E-state index in [0.717, 1.165) is 18.7 Å². The number of aromatic nitrogens is 3. The van der Waals surface area contributed by atoms with Gasteiger partial charge in [0.25, 0.3) is 0 Å². The number of amides is 1. The Hall–Kier alpha value is -2.09. The second kappa shape index (κ2) is 6.57. The Kier molecular flexibility index (Phi) is 4.51. The molecule has 1 aromatic carbocycles. The molecule has 0 saturated heterocycles. The van der Waals surface area contributed by atoms with Crippen LogP contribution in [0.2, 0.25) is 0 Å². The number of carbonyl (C=O) groups is 1. The molecule has 0 unspecified atom stereocenters. The van der Waals surface area contributed by atoms with Crippen molar-refractivity contribution in [3.8, 4) is 0 Å². The average Bonchev–Trinajstić information content (AvgIpc) is 3.31. The third-order valence-electron chi connectivity index (χ3n) is 3.75. The highest BCUT2D eigenvalue weighted by Gasteiger charge is 2.30. The number of nitrogens with two attached hydrogens (primary N) is 1. The molecule has 122 valence electrons. The third kappa shape index (κ3) is 3.64. The highest BCUT2D eigenvalue weighted by molar-refractivity contribution is 7.99. The summed E-state index contributed by atoms with van der Waals surface area (Å²) in [4.78, 5) is 13.7. The summed E-state index contributed by atoms with van der Waals surface area (Å²) in [5, 5.41) is 8.63. The van der Waals surface area contributed by atoms with Crippen molar-refractivity contribution in [1.29, 1.82) is 0 Å². The predicted octanol–water partition coefficient (Wildman–Crippen LogP) is 1.76. The summed E-state index contributed by atoms with van der Waals surface area (Å²) >= 11 is 1.24. The van der Waals surface area contributed by atoms with Gasteiger partial charge in [0.1, 0.15) is 5.82 Å². The van der Waals surface area contributed by atoms with E-state index >= 15 is 0 Å². The Labute approximate surface area is 137 Å². The number of thioether (sulfide) groups is 1. The molecule has 0 atom stereocenters. The number of hydrogen-bond donors (Lipinski definition) is 1. The fourth-order valence-corrected chi connectivity index (χ4v) is 3.02. The fraction of sp³-hybridized carbons (Fsp3) is 0.400. The molecule has 1 heterocycles. The number of benzene rings is 1. The van der Waals surface area contributed by atoms with Crippen LogP contribution in [0.15, 0.2) is 29.4 Å². The average molecular weight is 335 g/mol. The summed E-state index contributed by atoms with van der Waals surface area (Å²) in [6.45, 7) is 0.231. The van der Waals surface area contributed by atoms with Gasteiger partial charge in [-0.2, -0.15) is 0 Å². The molecule has 1 saturated carbocycles. The van der Waals surface area contributed by atoms with Gasteiger partial charge in [0.2, 0.25) is 11.1 Å². The molecule has 1 aliphatic rings. The summed E-state index contributed by atoms with van der Waals surface area (Å²) in [6.07, 6.45) is 2.18. The van der Waals surface area contributed by atoms with Crippen molar-refractivity contribution in [2.75, 3.05) is 18.6 Å². The molecular weight excluding hydrogens is 317 g/mol. The lowest BCUT2D eigenvalue weighted by Gasteiger charge is -2.17. The van der Waals surface area contributed by atoms with Gasteiger partial charge in [-0.3, -0.25) is 4.79 Å². The lowest BCUT2D eigenvalue weighted by atomic mass is 10.2. The van der Waals surface area contributed by atoms with Gasteiger partial charge in [-0.1, -0.05) is 30.0 Å². The maximum Gasteiger partial charge on any atom is 0.233 e. The second-order valence-electron chi connectivity index (χ2n) is 5.61. The first-order valence-corrected chi connectivity index (χ1v) is 8.35. The second-order valence-corrected chi connectivity index (χ2v) is 6.56. The van der Waals surface area contributed by atoms with Gasteiger partial charge in [-0.05, 0) is 18.9 Å². The Morgan fingerprint density at radius 2 is 2.17 bits per heavy atom. The van der Waals surface area contributed by atoms with E-state index in [1.807, 2.05) is 0 Å². The SMILES string of the molecule is CN(Cc1ccccc1F)C(=O)CSc1nnc(C2CC2)n1N. The maximum atomic E-state index is 13.6. The van der Waals surface area contributed by atoms with Gasteiger partial charge >= 0.3 is 0 Å². The van der Waals surface area contributed by atoms with E-state index in [1.54, 1.807) is 25.2 Å². The van der Waals surface area contributed by atoms with E-state index in [2.05, 4.69) is 10.2 Å². The zero-order valence-corrected chi connectivity index (χ0v) is 13.6. The fourth-order valence-electron chi connectivity index (χ4n) is 2.21. The van der Waals surface area contributed by atoms with E-state index in [9.17, 15) is 9.18 Å². The number of hydrogen-bond acceptors (Lipinski definition) is 5. The van der Waals surface area contributed by atoms with Gasteiger partial charge in [0.15, 0.2) is 5.82 Å². The number of halogens is 1.